The summed E-state index contributed by atoms with van der Waals surface area (Å²) in [6, 6.07) is 3.40. The highest BCUT2D eigenvalue weighted by Gasteiger charge is 2.07. The fourth-order valence-electron chi connectivity index (χ4n) is 1.69. The first-order chi connectivity index (χ1) is 7.76. The molecule has 0 aliphatic rings. The fraction of sp³-hybridized carbons (Fsp3) is 0.333. The van der Waals surface area contributed by atoms with E-state index in [9.17, 15) is 9.59 Å². The number of nitrogens with zero attached hydrogens (tertiary/aromatic N) is 2. The Balaban J connectivity index is 3.48. The molecule has 1 rings (SSSR count). The van der Waals surface area contributed by atoms with Crippen molar-refractivity contribution in [1.82, 2.24) is 0 Å². The van der Waals surface area contributed by atoms with Crippen LogP contribution in [-0.2, 0) is 22.4 Å². The Morgan fingerprint density at radius 1 is 1.06 bits per heavy atom. The Morgan fingerprint density at radius 3 is 2.25 bits per heavy atom. The molecule has 0 heterocycles. The van der Waals surface area contributed by atoms with E-state index in [0.717, 1.165) is 24.0 Å². The zero-order valence-corrected chi connectivity index (χ0v) is 9.28. The van der Waals surface area contributed by atoms with E-state index < -0.39 is 0 Å². The number of aryl methyl sites for hydroxylation is 1. The van der Waals surface area contributed by atoms with E-state index in [1.54, 1.807) is 6.07 Å². The predicted molar refractivity (Wildman–Crippen MR) is 60.8 cm³/mol. The molecule has 0 spiro atoms. The van der Waals surface area contributed by atoms with Crippen molar-refractivity contribution in [3.05, 3.63) is 23.3 Å². The molecule has 0 saturated carbocycles. The van der Waals surface area contributed by atoms with E-state index in [-0.39, 0.29) is 0 Å². The molecule has 0 fully saturated rings. The Hall–Kier alpha value is -2.02. The third kappa shape index (κ3) is 2.51. The molecule has 1 aromatic carbocycles. The van der Waals surface area contributed by atoms with E-state index in [4.69, 9.17) is 0 Å². The standard InChI is InChI=1S/C12H12N2O2/c1-3-9-5-10(13-7-15)6-12(14-8-16)11(9)4-2/h5-6H,3-4H2,1-2H3. The third-order valence-corrected chi connectivity index (χ3v) is 2.38. The minimum absolute atomic E-state index is 0.470. The molecule has 0 aliphatic heterocycles. The van der Waals surface area contributed by atoms with Crippen molar-refractivity contribution in [1.29, 1.82) is 0 Å². The SMILES string of the molecule is CCc1cc(N=C=O)cc(N=C=O)c1CC. The molecule has 0 amide bonds. The van der Waals surface area contributed by atoms with Crippen LogP contribution in [0.2, 0.25) is 0 Å². The van der Waals surface area contributed by atoms with Gasteiger partial charge in [-0.2, -0.15) is 9.98 Å². The highest BCUT2D eigenvalue weighted by molar-refractivity contribution is 5.64. The van der Waals surface area contributed by atoms with Crippen molar-refractivity contribution in [2.45, 2.75) is 26.7 Å². The number of hydrogen-bond donors (Lipinski definition) is 0. The van der Waals surface area contributed by atoms with Gasteiger partial charge in [-0.1, -0.05) is 13.8 Å². The second-order valence-corrected chi connectivity index (χ2v) is 3.22. The van der Waals surface area contributed by atoms with Crippen LogP contribution >= 0.6 is 0 Å². The summed E-state index contributed by atoms with van der Waals surface area (Å²) in [5.74, 6) is 0. The Kier molecular flexibility index (Phi) is 4.34. The van der Waals surface area contributed by atoms with Crippen molar-refractivity contribution in [3.63, 3.8) is 0 Å². The largest absolute Gasteiger partial charge is 0.240 e. The van der Waals surface area contributed by atoms with Gasteiger partial charge in [0.25, 0.3) is 0 Å². The lowest BCUT2D eigenvalue weighted by Crippen LogP contribution is -1.91. The van der Waals surface area contributed by atoms with Crippen LogP contribution in [0.3, 0.4) is 0 Å². The highest BCUT2D eigenvalue weighted by atomic mass is 16.1. The van der Waals surface area contributed by atoms with Crippen LogP contribution in [-0.4, -0.2) is 12.2 Å². The maximum Gasteiger partial charge on any atom is 0.240 e. The van der Waals surface area contributed by atoms with Gasteiger partial charge < -0.3 is 0 Å². The molecular formula is C12H12N2O2. The topological polar surface area (TPSA) is 58.9 Å². The van der Waals surface area contributed by atoms with Crippen molar-refractivity contribution >= 4 is 23.5 Å². The average Bonchev–Trinajstić information content (AvgIpc) is 2.29. The molecule has 0 N–H and O–H groups in total. The number of rotatable bonds is 4. The lowest BCUT2D eigenvalue weighted by molar-refractivity contribution is 0.565. The zero-order valence-electron chi connectivity index (χ0n) is 9.28. The van der Waals surface area contributed by atoms with Crippen molar-refractivity contribution in [3.8, 4) is 0 Å². The van der Waals surface area contributed by atoms with Gasteiger partial charge in [0.05, 0.1) is 11.4 Å². The minimum atomic E-state index is 0.470. The molecule has 0 bridgehead atoms. The van der Waals surface area contributed by atoms with Gasteiger partial charge >= 0.3 is 0 Å². The van der Waals surface area contributed by atoms with Gasteiger partial charge in [0.1, 0.15) is 0 Å². The molecule has 0 saturated heterocycles. The monoisotopic (exact) mass is 216 g/mol. The number of hydrogen-bond acceptors (Lipinski definition) is 4. The van der Waals surface area contributed by atoms with Gasteiger partial charge in [0.15, 0.2) is 0 Å². The number of benzene rings is 1. The maximum atomic E-state index is 10.3. The summed E-state index contributed by atoms with van der Waals surface area (Å²) in [6.45, 7) is 3.98. The first-order valence-corrected chi connectivity index (χ1v) is 5.08. The van der Waals surface area contributed by atoms with Crippen LogP contribution in [0.1, 0.15) is 25.0 Å². The molecule has 0 aromatic heterocycles. The minimum Gasteiger partial charge on any atom is -0.211 e. The van der Waals surface area contributed by atoms with E-state index in [2.05, 4.69) is 9.98 Å². The van der Waals surface area contributed by atoms with Gasteiger partial charge in [0.2, 0.25) is 12.2 Å². The van der Waals surface area contributed by atoms with Crippen LogP contribution in [0.4, 0.5) is 11.4 Å². The van der Waals surface area contributed by atoms with Gasteiger partial charge in [-0.25, -0.2) is 9.59 Å². The van der Waals surface area contributed by atoms with Gasteiger partial charge in [-0.15, -0.1) is 0 Å². The molecule has 0 radical (unpaired) electrons. The second-order valence-electron chi connectivity index (χ2n) is 3.22. The summed E-state index contributed by atoms with van der Waals surface area (Å²) >= 11 is 0. The molecule has 0 atom stereocenters. The van der Waals surface area contributed by atoms with Gasteiger partial charge in [-0.3, -0.25) is 0 Å². The van der Waals surface area contributed by atoms with E-state index in [1.165, 1.54) is 12.2 Å². The normalized spacial score (nSPS) is 9.12. The molecule has 0 unspecified atom stereocenters. The Labute approximate surface area is 93.7 Å². The average molecular weight is 216 g/mol. The summed E-state index contributed by atoms with van der Waals surface area (Å²) in [5.41, 5.74) is 3.03. The zero-order chi connectivity index (χ0) is 12.0. The van der Waals surface area contributed by atoms with Gasteiger partial charge in [0, 0.05) is 0 Å². The quantitative estimate of drug-likeness (QED) is 0.574. The first-order valence-electron chi connectivity index (χ1n) is 5.08. The predicted octanol–water partition coefficient (Wildman–Crippen LogP) is 2.75. The number of isocyanates is 2. The molecule has 4 heteroatoms. The molecule has 0 aliphatic carbocycles. The summed E-state index contributed by atoms with van der Waals surface area (Å²) in [4.78, 5) is 27.7. The van der Waals surface area contributed by atoms with E-state index >= 15 is 0 Å². The summed E-state index contributed by atoms with van der Waals surface area (Å²) in [6.07, 6.45) is 4.56. The van der Waals surface area contributed by atoms with Crippen LogP contribution in [0, 0.1) is 0 Å². The lowest BCUT2D eigenvalue weighted by Gasteiger charge is -2.08. The number of aliphatic imine (C=N–C) groups is 2. The fourth-order valence-corrected chi connectivity index (χ4v) is 1.69. The number of carbonyl (C=O) groups excluding carboxylic acids is 2. The maximum absolute atomic E-state index is 10.3. The van der Waals surface area contributed by atoms with Crippen LogP contribution in [0.15, 0.2) is 22.1 Å². The Morgan fingerprint density at radius 2 is 1.75 bits per heavy atom. The molecular weight excluding hydrogens is 204 g/mol. The van der Waals surface area contributed by atoms with Crippen LogP contribution < -0.4 is 0 Å². The smallest absolute Gasteiger partial charge is 0.211 e. The molecule has 1 aromatic rings. The van der Waals surface area contributed by atoms with Crippen molar-refractivity contribution < 1.29 is 9.59 Å². The van der Waals surface area contributed by atoms with E-state index in [1.807, 2.05) is 19.9 Å². The van der Waals surface area contributed by atoms with Crippen molar-refractivity contribution in [2.75, 3.05) is 0 Å². The summed E-state index contributed by atoms with van der Waals surface area (Å²) in [5, 5.41) is 0. The molecule has 82 valence electrons. The highest BCUT2D eigenvalue weighted by Crippen LogP contribution is 2.29. The lowest BCUT2D eigenvalue weighted by atomic mass is 10.00. The van der Waals surface area contributed by atoms with Gasteiger partial charge in [-0.05, 0) is 36.1 Å². The second kappa shape index (κ2) is 5.76. The summed E-state index contributed by atoms with van der Waals surface area (Å²) in [7, 11) is 0. The molecule has 4 nitrogen and oxygen atoms in total. The summed E-state index contributed by atoms with van der Waals surface area (Å²) < 4.78 is 0. The molecule has 16 heavy (non-hydrogen) atoms. The van der Waals surface area contributed by atoms with Crippen LogP contribution in [0.25, 0.3) is 0 Å². The van der Waals surface area contributed by atoms with Crippen LogP contribution in [0.5, 0.6) is 0 Å². The van der Waals surface area contributed by atoms with Crippen molar-refractivity contribution in [2.24, 2.45) is 9.98 Å². The Bertz CT molecular complexity index is 482. The van der Waals surface area contributed by atoms with E-state index in [0.29, 0.717) is 11.4 Å². The first kappa shape index (κ1) is 12.1. The third-order valence-electron chi connectivity index (χ3n) is 2.38.